The SMILES string of the molecule is COc1ccc2c(=O)n(CCNS(C)(=O)=O)c(CN(C)C)c(-c3ccccc3)c2c1. The number of methoxy groups -OCH3 is 1. The molecule has 7 nitrogen and oxygen atoms in total. The Morgan fingerprint density at radius 3 is 2.37 bits per heavy atom. The van der Waals surface area contributed by atoms with E-state index < -0.39 is 10.0 Å². The number of hydrogen-bond donors (Lipinski definition) is 1. The highest BCUT2D eigenvalue weighted by atomic mass is 32.2. The van der Waals surface area contributed by atoms with Crippen LogP contribution in [0.3, 0.4) is 0 Å². The zero-order valence-electron chi connectivity index (χ0n) is 17.7. The lowest BCUT2D eigenvalue weighted by molar-refractivity contribution is 0.385. The molecule has 0 aliphatic heterocycles. The van der Waals surface area contributed by atoms with E-state index in [1.165, 1.54) is 0 Å². The lowest BCUT2D eigenvalue weighted by Crippen LogP contribution is -2.33. The van der Waals surface area contributed by atoms with Gasteiger partial charge in [0, 0.05) is 41.7 Å². The maximum Gasteiger partial charge on any atom is 0.258 e. The van der Waals surface area contributed by atoms with Gasteiger partial charge in [0.05, 0.1) is 13.4 Å². The summed E-state index contributed by atoms with van der Waals surface area (Å²) in [5, 5.41) is 1.38. The molecule has 0 amide bonds. The number of ether oxygens (including phenoxy) is 1. The first-order valence-electron chi connectivity index (χ1n) is 9.59. The van der Waals surface area contributed by atoms with E-state index in [0.717, 1.165) is 28.5 Å². The molecule has 0 aliphatic rings. The van der Waals surface area contributed by atoms with Gasteiger partial charge in [-0.05, 0) is 37.9 Å². The molecule has 2 aromatic carbocycles. The average molecular weight is 430 g/mol. The van der Waals surface area contributed by atoms with E-state index in [4.69, 9.17) is 4.74 Å². The first kappa shape index (κ1) is 22.0. The fourth-order valence-corrected chi connectivity index (χ4v) is 4.03. The molecule has 1 heterocycles. The van der Waals surface area contributed by atoms with Crippen molar-refractivity contribution in [2.45, 2.75) is 13.1 Å². The van der Waals surface area contributed by atoms with E-state index in [9.17, 15) is 13.2 Å². The number of benzene rings is 2. The Morgan fingerprint density at radius 1 is 1.07 bits per heavy atom. The Labute approximate surface area is 176 Å². The number of pyridine rings is 1. The quantitative estimate of drug-likeness (QED) is 0.594. The predicted molar refractivity (Wildman–Crippen MR) is 120 cm³/mol. The van der Waals surface area contributed by atoms with E-state index >= 15 is 0 Å². The third-order valence-corrected chi connectivity index (χ3v) is 5.54. The van der Waals surface area contributed by atoms with E-state index in [2.05, 4.69) is 4.72 Å². The molecule has 0 atom stereocenters. The standard InChI is InChI=1S/C22H27N3O4S/c1-24(2)15-20-21(16-8-6-5-7-9-16)19-14-17(29-3)10-11-18(19)22(26)25(20)13-12-23-30(4,27)28/h5-11,14,23H,12-13,15H2,1-4H3. The minimum Gasteiger partial charge on any atom is -0.497 e. The normalized spacial score (nSPS) is 11.9. The van der Waals surface area contributed by atoms with Crippen LogP contribution in [0.4, 0.5) is 0 Å². The molecule has 30 heavy (non-hydrogen) atoms. The van der Waals surface area contributed by atoms with Crippen molar-refractivity contribution in [3.63, 3.8) is 0 Å². The summed E-state index contributed by atoms with van der Waals surface area (Å²) in [4.78, 5) is 15.4. The van der Waals surface area contributed by atoms with Crippen LogP contribution in [0, 0.1) is 0 Å². The summed E-state index contributed by atoms with van der Waals surface area (Å²) >= 11 is 0. The van der Waals surface area contributed by atoms with Gasteiger partial charge in [0.1, 0.15) is 5.75 Å². The fourth-order valence-electron chi connectivity index (χ4n) is 3.57. The Morgan fingerprint density at radius 2 is 1.77 bits per heavy atom. The number of fused-ring (bicyclic) bond motifs is 1. The minimum atomic E-state index is -3.35. The number of sulfonamides is 1. The highest BCUT2D eigenvalue weighted by molar-refractivity contribution is 7.88. The largest absolute Gasteiger partial charge is 0.497 e. The molecule has 0 fully saturated rings. The summed E-state index contributed by atoms with van der Waals surface area (Å²) in [6.45, 7) is 0.886. The molecule has 0 bridgehead atoms. The molecule has 1 N–H and O–H groups in total. The molecule has 1 aromatic heterocycles. The molecule has 3 rings (SSSR count). The van der Waals surface area contributed by atoms with Crippen molar-refractivity contribution in [3.8, 4) is 16.9 Å². The van der Waals surface area contributed by atoms with E-state index in [1.807, 2.05) is 55.4 Å². The molecular formula is C22H27N3O4S. The van der Waals surface area contributed by atoms with Crippen LogP contribution < -0.4 is 15.0 Å². The van der Waals surface area contributed by atoms with Crippen molar-refractivity contribution < 1.29 is 13.2 Å². The summed E-state index contributed by atoms with van der Waals surface area (Å²) in [6.07, 6.45) is 1.11. The second-order valence-corrected chi connectivity index (χ2v) is 9.29. The third kappa shape index (κ3) is 4.89. The zero-order chi connectivity index (χ0) is 21.9. The highest BCUT2D eigenvalue weighted by Gasteiger charge is 2.19. The van der Waals surface area contributed by atoms with Gasteiger partial charge in [-0.2, -0.15) is 0 Å². The van der Waals surface area contributed by atoms with Crippen molar-refractivity contribution in [1.29, 1.82) is 0 Å². The summed E-state index contributed by atoms with van der Waals surface area (Å²) in [5.74, 6) is 0.673. The molecule has 0 unspecified atom stereocenters. The van der Waals surface area contributed by atoms with Crippen LogP contribution in [-0.4, -0.2) is 51.9 Å². The Hall–Kier alpha value is -2.68. The molecule has 8 heteroatoms. The van der Waals surface area contributed by atoms with Crippen molar-refractivity contribution in [2.75, 3.05) is 34.0 Å². The summed E-state index contributed by atoms with van der Waals surface area (Å²) in [6, 6.07) is 15.3. The van der Waals surface area contributed by atoms with Gasteiger partial charge in [-0.15, -0.1) is 0 Å². The van der Waals surface area contributed by atoms with Crippen LogP contribution in [0.1, 0.15) is 5.69 Å². The van der Waals surface area contributed by atoms with Crippen molar-refractivity contribution in [3.05, 3.63) is 64.6 Å². The molecule has 160 valence electrons. The van der Waals surface area contributed by atoms with E-state index in [-0.39, 0.29) is 18.6 Å². The summed E-state index contributed by atoms with van der Waals surface area (Å²) in [7, 11) is 2.13. The number of aromatic nitrogens is 1. The topological polar surface area (TPSA) is 80.6 Å². The molecular weight excluding hydrogens is 402 g/mol. The van der Waals surface area contributed by atoms with E-state index in [1.54, 1.807) is 23.8 Å². The van der Waals surface area contributed by atoms with Crippen LogP contribution in [0.2, 0.25) is 0 Å². The second-order valence-electron chi connectivity index (χ2n) is 7.46. The van der Waals surface area contributed by atoms with Gasteiger partial charge in [-0.1, -0.05) is 30.3 Å². The maximum absolute atomic E-state index is 13.4. The maximum atomic E-state index is 13.4. The number of nitrogens with zero attached hydrogens (tertiary/aromatic N) is 2. The fraction of sp³-hybridized carbons (Fsp3) is 0.318. The van der Waals surface area contributed by atoms with Crippen LogP contribution >= 0.6 is 0 Å². The number of nitrogens with one attached hydrogen (secondary N) is 1. The Balaban J connectivity index is 2.33. The van der Waals surface area contributed by atoms with Crippen molar-refractivity contribution >= 4 is 20.8 Å². The molecule has 0 radical (unpaired) electrons. The van der Waals surface area contributed by atoms with Gasteiger partial charge in [0.25, 0.3) is 5.56 Å². The lowest BCUT2D eigenvalue weighted by Gasteiger charge is -2.23. The van der Waals surface area contributed by atoms with Crippen LogP contribution in [0.25, 0.3) is 21.9 Å². The first-order valence-corrected chi connectivity index (χ1v) is 11.5. The van der Waals surface area contributed by atoms with Crippen LogP contribution in [-0.2, 0) is 23.1 Å². The van der Waals surface area contributed by atoms with Gasteiger partial charge in [-0.25, -0.2) is 13.1 Å². The molecule has 0 aliphatic carbocycles. The van der Waals surface area contributed by atoms with Gasteiger partial charge in [-0.3, -0.25) is 4.79 Å². The smallest absolute Gasteiger partial charge is 0.258 e. The van der Waals surface area contributed by atoms with Crippen molar-refractivity contribution in [1.82, 2.24) is 14.2 Å². The number of hydrogen-bond acceptors (Lipinski definition) is 5. The molecule has 3 aromatic rings. The van der Waals surface area contributed by atoms with Crippen LogP contribution in [0.5, 0.6) is 5.75 Å². The molecule has 0 spiro atoms. The minimum absolute atomic E-state index is 0.134. The van der Waals surface area contributed by atoms with E-state index in [0.29, 0.717) is 17.7 Å². The molecule has 0 saturated carbocycles. The Bertz CT molecular complexity index is 1200. The van der Waals surface area contributed by atoms with Gasteiger partial charge >= 0.3 is 0 Å². The predicted octanol–water partition coefficient (Wildman–Crippen LogP) is 2.29. The summed E-state index contributed by atoms with van der Waals surface area (Å²) in [5.41, 5.74) is 2.60. The van der Waals surface area contributed by atoms with Gasteiger partial charge in [0.15, 0.2) is 0 Å². The molecule has 0 saturated heterocycles. The van der Waals surface area contributed by atoms with Crippen LogP contribution in [0.15, 0.2) is 53.3 Å². The summed E-state index contributed by atoms with van der Waals surface area (Å²) < 4.78 is 32.6. The highest BCUT2D eigenvalue weighted by Crippen LogP contribution is 2.33. The number of rotatable bonds is 8. The van der Waals surface area contributed by atoms with Crippen molar-refractivity contribution in [2.24, 2.45) is 0 Å². The third-order valence-electron chi connectivity index (χ3n) is 4.81. The first-order chi connectivity index (χ1) is 14.2. The van der Waals surface area contributed by atoms with Gasteiger partial charge in [0.2, 0.25) is 10.0 Å². The monoisotopic (exact) mass is 429 g/mol. The zero-order valence-corrected chi connectivity index (χ0v) is 18.5. The lowest BCUT2D eigenvalue weighted by atomic mass is 9.96. The second kappa shape index (κ2) is 8.99. The van der Waals surface area contributed by atoms with Gasteiger partial charge < -0.3 is 14.2 Å². The Kier molecular flexibility index (Phi) is 6.60. The average Bonchev–Trinajstić information content (AvgIpc) is 2.69.